The Bertz CT molecular complexity index is 1370. The van der Waals surface area contributed by atoms with Gasteiger partial charge in [0.15, 0.2) is 23.1 Å². The zero-order valence-electron chi connectivity index (χ0n) is 18.7. The minimum atomic E-state index is -1.02. The first kappa shape index (κ1) is 21.6. The van der Waals surface area contributed by atoms with Gasteiger partial charge >= 0.3 is 0 Å². The molecule has 1 saturated carbocycles. The number of benzene rings is 2. The quantitative estimate of drug-likeness (QED) is 0.607. The highest BCUT2D eigenvalue weighted by Gasteiger charge is 2.48. The van der Waals surface area contributed by atoms with Gasteiger partial charge in [-0.05, 0) is 30.9 Å². The summed E-state index contributed by atoms with van der Waals surface area (Å²) in [7, 11) is 0. The highest BCUT2D eigenvalue weighted by molar-refractivity contribution is 5.96. The van der Waals surface area contributed by atoms with Gasteiger partial charge in [0.25, 0.3) is 5.91 Å². The average molecular weight is 479 g/mol. The molecule has 1 aliphatic carbocycles. The Morgan fingerprint density at radius 3 is 2.43 bits per heavy atom. The van der Waals surface area contributed by atoms with E-state index in [0.29, 0.717) is 12.0 Å². The Kier molecular flexibility index (Phi) is 5.01. The molecule has 1 amide bonds. The molecule has 3 aromatic rings. The summed E-state index contributed by atoms with van der Waals surface area (Å²) < 4.78 is 36.2. The first-order valence-electron chi connectivity index (χ1n) is 11.7. The number of hydrogen-bond acceptors (Lipinski definition) is 5. The molecule has 3 aliphatic rings. The number of pyridine rings is 1. The molecule has 0 radical (unpaired) electrons. The fourth-order valence-electron chi connectivity index (χ4n) is 5.35. The van der Waals surface area contributed by atoms with Crippen molar-refractivity contribution in [3.05, 3.63) is 93.4 Å². The number of halogens is 2. The first-order chi connectivity index (χ1) is 17.0. The molecule has 7 nitrogen and oxygen atoms in total. The van der Waals surface area contributed by atoms with Crippen LogP contribution in [0.25, 0.3) is 0 Å². The van der Waals surface area contributed by atoms with Gasteiger partial charge in [-0.1, -0.05) is 30.3 Å². The van der Waals surface area contributed by atoms with E-state index >= 15 is 0 Å². The molecule has 35 heavy (non-hydrogen) atoms. The van der Waals surface area contributed by atoms with Crippen LogP contribution < -0.4 is 15.2 Å². The second-order valence-corrected chi connectivity index (χ2v) is 9.13. The lowest BCUT2D eigenvalue weighted by Crippen LogP contribution is -2.66. The van der Waals surface area contributed by atoms with Gasteiger partial charge in [-0.3, -0.25) is 19.3 Å². The summed E-state index contributed by atoms with van der Waals surface area (Å²) in [6.07, 6.45) is 3.92. The number of carbonyl (C=O) groups excluding carboxylic acids is 1. The van der Waals surface area contributed by atoms with Gasteiger partial charge < -0.3 is 14.7 Å². The Morgan fingerprint density at radius 1 is 0.971 bits per heavy atom. The van der Waals surface area contributed by atoms with Crippen molar-refractivity contribution < 1.29 is 23.4 Å². The molecule has 9 heteroatoms. The van der Waals surface area contributed by atoms with Crippen LogP contribution in [0.5, 0.6) is 11.5 Å². The number of nitrogens with zero attached hydrogens (tertiary/aromatic N) is 3. The van der Waals surface area contributed by atoms with Crippen LogP contribution in [0.15, 0.2) is 59.5 Å². The minimum absolute atomic E-state index is 0.0567. The molecule has 0 saturated heterocycles. The van der Waals surface area contributed by atoms with E-state index < -0.39 is 40.9 Å². The van der Waals surface area contributed by atoms with E-state index in [1.165, 1.54) is 16.9 Å². The van der Waals surface area contributed by atoms with Crippen LogP contribution in [0.4, 0.5) is 8.78 Å². The largest absolute Gasteiger partial charge is 0.502 e. The van der Waals surface area contributed by atoms with Crippen LogP contribution in [0.1, 0.15) is 53.3 Å². The highest BCUT2D eigenvalue weighted by atomic mass is 19.2. The molecule has 2 unspecified atom stereocenters. The van der Waals surface area contributed by atoms with Crippen LogP contribution in [0.2, 0.25) is 0 Å². The fraction of sp³-hybridized carbons (Fsp3) is 0.308. The summed E-state index contributed by atoms with van der Waals surface area (Å²) in [4.78, 5) is 27.8. The summed E-state index contributed by atoms with van der Waals surface area (Å²) in [5.74, 6) is -2.88. The molecule has 1 N–H and O–H groups in total. The number of hydrogen-bond donors (Lipinski definition) is 1. The molecule has 0 bridgehead atoms. The number of aromatic hydroxyl groups is 1. The number of aromatic nitrogens is 1. The highest BCUT2D eigenvalue weighted by Crippen LogP contribution is 2.43. The van der Waals surface area contributed by atoms with Crippen molar-refractivity contribution in [2.24, 2.45) is 0 Å². The van der Waals surface area contributed by atoms with Crippen molar-refractivity contribution in [3.63, 3.8) is 0 Å². The van der Waals surface area contributed by atoms with Gasteiger partial charge in [-0.2, -0.15) is 0 Å². The molecule has 180 valence electrons. The fourth-order valence-corrected chi connectivity index (χ4v) is 5.35. The summed E-state index contributed by atoms with van der Waals surface area (Å²) in [6.45, 7) is 0.165. The van der Waals surface area contributed by atoms with Crippen molar-refractivity contribution >= 4 is 5.91 Å². The molecule has 2 aliphatic heterocycles. The molecule has 2 atom stereocenters. The monoisotopic (exact) mass is 479 g/mol. The van der Waals surface area contributed by atoms with E-state index in [1.54, 1.807) is 4.90 Å². The predicted octanol–water partition coefficient (Wildman–Crippen LogP) is 3.68. The van der Waals surface area contributed by atoms with Crippen LogP contribution in [0.3, 0.4) is 0 Å². The Balaban J connectivity index is 1.66. The maximum absolute atomic E-state index is 14.6. The zero-order valence-corrected chi connectivity index (χ0v) is 18.7. The second-order valence-electron chi connectivity index (χ2n) is 9.13. The third-order valence-electron chi connectivity index (χ3n) is 7.20. The summed E-state index contributed by atoms with van der Waals surface area (Å²) in [5.41, 5.74) is 0.345. The smallest absolute Gasteiger partial charge is 0.278 e. The normalized spacial score (nSPS) is 21.7. The lowest BCUT2D eigenvalue weighted by molar-refractivity contribution is 0.0213. The third-order valence-corrected chi connectivity index (χ3v) is 7.20. The minimum Gasteiger partial charge on any atom is -0.502 e. The molecular formula is C26H23F2N3O4. The lowest BCUT2D eigenvalue weighted by atomic mass is 9.89. The standard InChI is InChI=1S/C26H23F2N3O4/c27-18-13-17-21(14-19(18)28)35-12-10-22-30(16-7-4-8-16)26(34)24-25(33)20(32)9-11-29(24)31(22)23(17)15-5-2-1-3-6-15/h1-3,5-6,9,11,13-14,16,22-23,33H,4,7-8,10,12H2. The molecule has 1 aromatic heterocycles. The van der Waals surface area contributed by atoms with Crippen molar-refractivity contribution in [2.45, 2.75) is 43.9 Å². The number of carbonyl (C=O) groups is 1. The van der Waals surface area contributed by atoms with E-state index in [2.05, 4.69) is 0 Å². The van der Waals surface area contributed by atoms with Crippen LogP contribution in [-0.4, -0.2) is 39.4 Å². The maximum Gasteiger partial charge on any atom is 0.278 e. The van der Waals surface area contributed by atoms with Crippen LogP contribution in [0, 0.1) is 11.6 Å². The number of rotatable bonds is 2. The molecular weight excluding hydrogens is 456 g/mol. The zero-order chi connectivity index (χ0) is 24.3. The van der Waals surface area contributed by atoms with Crippen LogP contribution >= 0.6 is 0 Å². The van der Waals surface area contributed by atoms with E-state index in [-0.39, 0.29) is 24.1 Å². The number of amides is 1. The maximum atomic E-state index is 14.6. The molecule has 0 spiro atoms. The van der Waals surface area contributed by atoms with Gasteiger partial charge in [0.1, 0.15) is 18.0 Å². The van der Waals surface area contributed by atoms with E-state index in [0.717, 1.165) is 37.0 Å². The Labute approximate surface area is 199 Å². The van der Waals surface area contributed by atoms with E-state index in [1.807, 2.05) is 35.3 Å². The third kappa shape index (κ3) is 3.29. The van der Waals surface area contributed by atoms with Crippen molar-refractivity contribution in [3.8, 4) is 11.5 Å². The van der Waals surface area contributed by atoms with Gasteiger partial charge in [0.05, 0.1) is 6.61 Å². The van der Waals surface area contributed by atoms with Gasteiger partial charge in [0.2, 0.25) is 5.43 Å². The van der Waals surface area contributed by atoms with Gasteiger partial charge in [-0.25, -0.2) is 8.78 Å². The molecule has 1 fully saturated rings. The first-order valence-corrected chi connectivity index (χ1v) is 11.7. The van der Waals surface area contributed by atoms with Gasteiger partial charge in [-0.15, -0.1) is 0 Å². The van der Waals surface area contributed by atoms with E-state index in [4.69, 9.17) is 4.74 Å². The number of ether oxygens (including phenoxy) is 1. The van der Waals surface area contributed by atoms with E-state index in [9.17, 15) is 23.5 Å². The summed E-state index contributed by atoms with van der Waals surface area (Å²) in [6, 6.07) is 11.9. The lowest BCUT2D eigenvalue weighted by Gasteiger charge is -2.54. The Hall–Kier alpha value is -3.88. The summed E-state index contributed by atoms with van der Waals surface area (Å²) >= 11 is 0. The van der Waals surface area contributed by atoms with Gasteiger partial charge in [0, 0.05) is 36.4 Å². The SMILES string of the molecule is O=C1c2c(O)c(=O)ccn2N2C(c3ccccc3)c3cc(F)c(F)cc3OCCC2N1C1CCC1. The molecule has 6 rings (SSSR count). The second kappa shape index (κ2) is 8.11. The summed E-state index contributed by atoms with van der Waals surface area (Å²) in [5, 5.41) is 12.6. The van der Waals surface area contributed by atoms with Crippen molar-refractivity contribution in [1.82, 2.24) is 9.58 Å². The average Bonchev–Trinajstić information content (AvgIpc) is 2.81. The molecule has 2 aromatic carbocycles. The predicted molar refractivity (Wildman–Crippen MR) is 123 cm³/mol. The van der Waals surface area contributed by atoms with Crippen molar-refractivity contribution in [1.29, 1.82) is 0 Å². The Morgan fingerprint density at radius 2 is 1.71 bits per heavy atom. The van der Waals surface area contributed by atoms with Crippen LogP contribution in [-0.2, 0) is 0 Å². The topological polar surface area (TPSA) is 75.0 Å². The van der Waals surface area contributed by atoms with Crippen molar-refractivity contribution in [2.75, 3.05) is 11.6 Å². The number of fused-ring (bicyclic) bond motifs is 4. The molecule has 3 heterocycles.